The van der Waals surface area contributed by atoms with Crippen LogP contribution in [0.5, 0.6) is 0 Å². The summed E-state index contributed by atoms with van der Waals surface area (Å²) in [6, 6.07) is 0. The summed E-state index contributed by atoms with van der Waals surface area (Å²) in [5.41, 5.74) is 7.64. The van der Waals surface area contributed by atoms with Crippen LogP contribution in [0.4, 0.5) is 0 Å². The number of methoxy groups -OCH3 is 1. The Morgan fingerprint density at radius 3 is 2.32 bits per heavy atom. The highest BCUT2D eigenvalue weighted by Gasteiger charge is 2.33. The standard InChI is InChI=1S/C16H20O3/c1-8-9(2)11(4)14-13(10(8)3)7-19-15(14)12(5)16(17)18-6/h15H,5,7H2,1-4,6H3. The molecule has 0 saturated heterocycles. The van der Waals surface area contributed by atoms with Gasteiger partial charge in [-0.25, -0.2) is 4.79 Å². The molecule has 0 bridgehead atoms. The van der Waals surface area contributed by atoms with Crippen LogP contribution in [0.15, 0.2) is 12.2 Å². The smallest absolute Gasteiger partial charge is 0.336 e. The number of fused-ring (bicyclic) bond motifs is 1. The maximum absolute atomic E-state index is 11.7. The summed E-state index contributed by atoms with van der Waals surface area (Å²) in [4.78, 5) is 11.7. The van der Waals surface area contributed by atoms with Gasteiger partial charge in [0.2, 0.25) is 0 Å². The number of benzene rings is 1. The van der Waals surface area contributed by atoms with Gasteiger partial charge in [0.1, 0.15) is 6.10 Å². The topological polar surface area (TPSA) is 35.5 Å². The van der Waals surface area contributed by atoms with E-state index >= 15 is 0 Å². The molecule has 0 saturated carbocycles. The average molecular weight is 260 g/mol. The number of carbonyl (C=O) groups is 1. The first kappa shape index (κ1) is 13.8. The third-order valence-corrected chi connectivity index (χ3v) is 4.29. The lowest BCUT2D eigenvalue weighted by Gasteiger charge is -2.18. The number of hydrogen-bond donors (Lipinski definition) is 0. The van der Waals surface area contributed by atoms with Crippen LogP contribution in [0, 0.1) is 27.7 Å². The second-order valence-corrected chi connectivity index (χ2v) is 5.10. The Hall–Kier alpha value is -1.61. The van der Waals surface area contributed by atoms with Crippen molar-refractivity contribution < 1.29 is 14.3 Å². The lowest BCUT2D eigenvalue weighted by Crippen LogP contribution is -2.13. The van der Waals surface area contributed by atoms with Gasteiger partial charge in [-0.05, 0) is 61.1 Å². The number of carbonyl (C=O) groups excluding carboxylic acids is 1. The Kier molecular flexibility index (Phi) is 3.50. The van der Waals surface area contributed by atoms with E-state index in [1.165, 1.54) is 34.9 Å². The van der Waals surface area contributed by atoms with Gasteiger partial charge in [-0.2, -0.15) is 0 Å². The van der Waals surface area contributed by atoms with Crippen molar-refractivity contribution in [1.82, 2.24) is 0 Å². The number of hydrogen-bond acceptors (Lipinski definition) is 3. The van der Waals surface area contributed by atoms with Gasteiger partial charge < -0.3 is 9.47 Å². The van der Waals surface area contributed by atoms with Crippen molar-refractivity contribution >= 4 is 5.97 Å². The van der Waals surface area contributed by atoms with Crippen molar-refractivity contribution in [1.29, 1.82) is 0 Å². The van der Waals surface area contributed by atoms with Gasteiger partial charge in [-0.15, -0.1) is 0 Å². The summed E-state index contributed by atoms with van der Waals surface area (Å²) in [6.45, 7) is 12.8. The van der Waals surface area contributed by atoms with Crippen LogP contribution in [-0.2, 0) is 20.9 Å². The first-order chi connectivity index (χ1) is 8.90. The molecule has 1 aromatic carbocycles. The zero-order valence-corrected chi connectivity index (χ0v) is 12.2. The minimum Gasteiger partial charge on any atom is -0.466 e. The van der Waals surface area contributed by atoms with Gasteiger partial charge >= 0.3 is 5.97 Å². The third-order valence-electron chi connectivity index (χ3n) is 4.29. The molecule has 0 fully saturated rings. The minimum absolute atomic E-state index is 0.368. The van der Waals surface area contributed by atoms with Gasteiger partial charge in [-0.3, -0.25) is 0 Å². The summed E-state index contributed by atoms with van der Waals surface area (Å²) >= 11 is 0. The van der Waals surface area contributed by atoms with Crippen LogP contribution < -0.4 is 0 Å². The van der Waals surface area contributed by atoms with E-state index in [1.807, 2.05) is 0 Å². The van der Waals surface area contributed by atoms with Gasteiger partial charge in [0, 0.05) is 0 Å². The quantitative estimate of drug-likeness (QED) is 0.605. The highest BCUT2D eigenvalue weighted by atomic mass is 16.5. The number of esters is 1. The van der Waals surface area contributed by atoms with Crippen molar-refractivity contribution in [3.05, 3.63) is 45.5 Å². The minimum atomic E-state index is -0.409. The van der Waals surface area contributed by atoms with E-state index in [0.29, 0.717) is 12.2 Å². The SMILES string of the molecule is C=C(C(=O)OC)C1OCc2c(C)c(C)c(C)c(C)c21. The average Bonchev–Trinajstić information content (AvgIpc) is 2.85. The Morgan fingerprint density at radius 2 is 1.74 bits per heavy atom. The molecule has 0 spiro atoms. The van der Waals surface area contributed by atoms with Crippen molar-refractivity contribution in [3.8, 4) is 0 Å². The van der Waals surface area contributed by atoms with Gasteiger partial charge in [-0.1, -0.05) is 6.58 Å². The lowest BCUT2D eigenvalue weighted by molar-refractivity contribution is -0.137. The molecule has 0 amide bonds. The molecule has 19 heavy (non-hydrogen) atoms. The summed E-state index contributed by atoms with van der Waals surface area (Å²) in [5, 5.41) is 0. The molecule has 102 valence electrons. The number of ether oxygens (including phenoxy) is 2. The molecule has 3 nitrogen and oxygen atoms in total. The summed E-state index contributed by atoms with van der Waals surface area (Å²) < 4.78 is 10.5. The molecule has 1 aliphatic rings. The maximum Gasteiger partial charge on any atom is 0.336 e. The van der Waals surface area contributed by atoms with E-state index < -0.39 is 5.97 Å². The fourth-order valence-electron chi connectivity index (χ4n) is 2.72. The third kappa shape index (κ3) is 1.98. The van der Waals surface area contributed by atoms with Crippen molar-refractivity contribution in [2.24, 2.45) is 0 Å². The molecule has 1 aliphatic heterocycles. The monoisotopic (exact) mass is 260 g/mol. The largest absolute Gasteiger partial charge is 0.466 e. The van der Waals surface area contributed by atoms with Crippen molar-refractivity contribution in [2.45, 2.75) is 40.4 Å². The van der Waals surface area contributed by atoms with Crippen LogP contribution in [0.3, 0.4) is 0 Å². The molecule has 0 aliphatic carbocycles. The van der Waals surface area contributed by atoms with Crippen LogP contribution in [0.1, 0.15) is 39.5 Å². The Bertz CT molecular complexity index is 570. The first-order valence-electron chi connectivity index (χ1n) is 6.38. The van der Waals surface area contributed by atoms with Gasteiger partial charge in [0.15, 0.2) is 0 Å². The van der Waals surface area contributed by atoms with E-state index in [9.17, 15) is 4.79 Å². The Labute approximate surface area is 114 Å². The van der Waals surface area contributed by atoms with Crippen LogP contribution in [-0.4, -0.2) is 13.1 Å². The summed E-state index contributed by atoms with van der Waals surface area (Å²) in [7, 11) is 1.36. The van der Waals surface area contributed by atoms with E-state index in [-0.39, 0.29) is 6.10 Å². The molecule has 3 heteroatoms. The lowest BCUT2D eigenvalue weighted by atomic mass is 9.86. The molecule has 0 aromatic heterocycles. The molecule has 2 rings (SSSR count). The predicted molar refractivity (Wildman–Crippen MR) is 74.1 cm³/mol. The van der Waals surface area contributed by atoms with Crippen LogP contribution in [0.25, 0.3) is 0 Å². The van der Waals surface area contributed by atoms with Crippen LogP contribution in [0.2, 0.25) is 0 Å². The van der Waals surface area contributed by atoms with Gasteiger partial charge in [0.25, 0.3) is 0 Å². The highest BCUT2D eigenvalue weighted by molar-refractivity contribution is 5.89. The molecule has 1 heterocycles. The van der Waals surface area contributed by atoms with E-state index in [0.717, 1.165) is 5.56 Å². The Balaban J connectivity index is 2.57. The highest BCUT2D eigenvalue weighted by Crippen LogP contribution is 2.41. The van der Waals surface area contributed by atoms with Gasteiger partial charge in [0.05, 0.1) is 19.3 Å². The molecule has 1 atom stereocenters. The fraction of sp³-hybridized carbons (Fsp3) is 0.438. The fourth-order valence-corrected chi connectivity index (χ4v) is 2.72. The van der Waals surface area contributed by atoms with E-state index in [2.05, 4.69) is 34.3 Å². The molecular weight excluding hydrogens is 240 g/mol. The van der Waals surface area contributed by atoms with Crippen molar-refractivity contribution in [2.75, 3.05) is 7.11 Å². The molecule has 0 N–H and O–H groups in total. The first-order valence-corrected chi connectivity index (χ1v) is 6.38. The molecule has 1 unspecified atom stereocenters. The van der Waals surface area contributed by atoms with E-state index in [4.69, 9.17) is 9.47 Å². The normalized spacial score (nSPS) is 17.2. The molecular formula is C16H20O3. The number of rotatable bonds is 2. The summed E-state index contributed by atoms with van der Waals surface area (Å²) in [6.07, 6.45) is -0.375. The summed E-state index contributed by atoms with van der Waals surface area (Å²) in [5.74, 6) is -0.409. The van der Waals surface area contributed by atoms with E-state index in [1.54, 1.807) is 0 Å². The maximum atomic E-state index is 11.7. The van der Waals surface area contributed by atoms with Crippen LogP contribution >= 0.6 is 0 Å². The molecule has 0 radical (unpaired) electrons. The second-order valence-electron chi connectivity index (χ2n) is 5.10. The zero-order chi connectivity index (χ0) is 14.3. The molecule has 1 aromatic rings. The Morgan fingerprint density at radius 1 is 1.16 bits per heavy atom. The second kappa shape index (κ2) is 4.82. The van der Waals surface area contributed by atoms with Crippen molar-refractivity contribution in [3.63, 3.8) is 0 Å². The zero-order valence-electron chi connectivity index (χ0n) is 12.2. The predicted octanol–water partition coefficient (Wildman–Crippen LogP) is 3.22.